The summed E-state index contributed by atoms with van der Waals surface area (Å²) in [4.78, 5) is 4.70. The number of ether oxygens (including phenoxy) is 3. The minimum Gasteiger partial charge on any atom is -0.491 e. The maximum atomic E-state index is 12.2. The number of benzene rings is 2. The molecular formula is C23H25F3N2O3. The van der Waals surface area contributed by atoms with E-state index in [1.807, 2.05) is 24.3 Å². The van der Waals surface area contributed by atoms with Crippen LogP contribution in [0.4, 0.5) is 18.9 Å². The Hall–Kier alpha value is -2.71. The number of hydrogen-bond donors (Lipinski definition) is 0. The fourth-order valence-corrected chi connectivity index (χ4v) is 3.41. The van der Waals surface area contributed by atoms with Crippen LogP contribution in [0.25, 0.3) is 6.08 Å². The van der Waals surface area contributed by atoms with Crippen molar-refractivity contribution in [1.29, 1.82) is 0 Å². The van der Waals surface area contributed by atoms with E-state index in [1.165, 1.54) is 17.8 Å². The smallest absolute Gasteiger partial charge is 0.491 e. The SMILES string of the molecule is FC(F)(F)Oc1ccc(C=CCN2CCN(c3ccc(OCC4CO4)cc3)CC2)cc1. The van der Waals surface area contributed by atoms with Gasteiger partial charge in [-0.1, -0.05) is 24.3 Å². The molecule has 0 saturated carbocycles. The van der Waals surface area contributed by atoms with Crippen molar-refractivity contribution in [3.8, 4) is 11.5 Å². The topological polar surface area (TPSA) is 37.5 Å². The first kappa shape index (κ1) is 21.5. The lowest BCUT2D eigenvalue weighted by Gasteiger charge is -2.35. The van der Waals surface area contributed by atoms with Gasteiger partial charge in [0.1, 0.15) is 24.2 Å². The number of halogens is 3. The van der Waals surface area contributed by atoms with E-state index in [9.17, 15) is 13.2 Å². The molecule has 4 rings (SSSR count). The van der Waals surface area contributed by atoms with E-state index in [0.717, 1.165) is 50.6 Å². The largest absolute Gasteiger partial charge is 0.573 e. The van der Waals surface area contributed by atoms with E-state index in [0.29, 0.717) is 6.61 Å². The summed E-state index contributed by atoms with van der Waals surface area (Å²) in [5.41, 5.74) is 2.02. The fraction of sp³-hybridized carbons (Fsp3) is 0.391. The molecule has 0 bridgehead atoms. The monoisotopic (exact) mass is 434 g/mol. The number of epoxide rings is 1. The number of piperazine rings is 1. The molecule has 2 aromatic rings. The summed E-state index contributed by atoms with van der Waals surface area (Å²) in [5.74, 6) is 0.651. The molecule has 0 N–H and O–H groups in total. The van der Waals surface area contributed by atoms with Crippen LogP contribution >= 0.6 is 0 Å². The van der Waals surface area contributed by atoms with Gasteiger partial charge in [-0.15, -0.1) is 13.2 Å². The van der Waals surface area contributed by atoms with Gasteiger partial charge < -0.3 is 19.1 Å². The van der Waals surface area contributed by atoms with Crippen molar-refractivity contribution in [2.24, 2.45) is 0 Å². The molecule has 2 aliphatic rings. The van der Waals surface area contributed by atoms with Gasteiger partial charge in [-0.3, -0.25) is 4.90 Å². The van der Waals surface area contributed by atoms with Crippen LogP contribution in [0.5, 0.6) is 11.5 Å². The Morgan fingerprint density at radius 3 is 2.19 bits per heavy atom. The van der Waals surface area contributed by atoms with Gasteiger partial charge in [0.25, 0.3) is 0 Å². The Labute approximate surface area is 179 Å². The van der Waals surface area contributed by atoms with Crippen LogP contribution in [0.1, 0.15) is 5.56 Å². The highest BCUT2D eigenvalue weighted by atomic mass is 19.4. The molecule has 0 aliphatic carbocycles. The highest BCUT2D eigenvalue weighted by Crippen LogP contribution is 2.24. The summed E-state index contributed by atoms with van der Waals surface area (Å²) in [6.45, 7) is 5.96. The Morgan fingerprint density at radius 2 is 1.58 bits per heavy atom. The van der Waals surface area contributed by atoms with Crippen LogP contribution in [0.3, 0.4) is 0 Å². The molecule has 2 fully saturated rings. The van der Waals surface area contributed by atoms with Gasteiger partial charge in [-0.2, -0.15) is 0 Å². The lowest BCUT2D eigenvalue weighted by molar-refractivity contribution is -0.274. The molecule has 0 radical (unpaired) electrons. The van der Waals surface area contributed by atoms with Crippen molar-refractivity contribution in [1.82, 2.24) is 4.90 Å². The van der Waals surface area contributed by atoms with Gasteiger partial charge in [-0.05, 0) is 42.0 Å². The van der Waals surface area contributed by atoms with Crippen molar-refractivity contribution >= 4 is 11.8 Å². The van der Waals surface area contributed by atoms with Gasteiger partial charge in [0.15, 0.2) is 0 Å². The molecule has 1 atom stereocenters. The van der Waals surface area contributed by atoms with Crippen LogP contribution in [0, 0.1) is 0 Å². The Morgan fingerprint density at radius 1 is 0.935 bits per heavy atom. The molecule has 31 heavy (non-hydrogen) atoms. The molecule has 5 nitrogen and oxygen atoms in total. The number of rotatable bonds is 8. The Bertz CT molecular complexity index is 857. The summed E-state index contributed by atoms with van der Waals surface area (Å²) in [5, 5.41) is 0. The second-order valence-electron chi connectivity index (χ2n) is 7.57. The fourth-order valence-electron chi connectivity index (χ4n) is 3.41. The maximum Gasteiger partial charge on any atom is 0.573 e. The second kappa shape index (κ2) is 9.62. The van der Waals surface area contributed by atoms with E-state index >= 15 is 0 Å². The van der Waals surface area contributed by atoms with Crippen molar-refractivity contribution < 1.29 is 27.4 Å². The second-order valence-corrected chi connectivity index (χ2v) is 7.57. The minimum atomic E-state index is -4.67. The summed E-state index contributed by atoms with van der Waals surface area (Å²) in [6.07, 6.45) is -0.467. The quantitative estimate of drug-likeness (QED) is 0.583. The first-order chi connectivity index (χ1) is 14.9. The highest BCUT2D eigenvalue weighted by molar-refractivity contribution is 5.51. The normalized spacial score (nSPS) is 19.6. The molecule has 2 heterocycles. The van der Waals surface area contributed by atoms with E-state index in [4.69, 9.17) is 9.47 Å². The number of alkyl halides is 3. The molecular weight excluding hydrogens is 409 g/mol. The molecule has 2 aromatic carbocycles. The van der Waals surface area contributed by atoms with Gasteiger partial charge in [0, 0.05) is 38.4 Å². The maximum absolute atomic E-state index is 12.2. The number of anilines is 1. The zero-order valence-electron chi connectivity index (χ0n) is 17.1. The van der Waals surface area contributed by atoms with Crippen molar-refractivity contribution in [3.05, 3.63) is 60.2 Å². The molecule has 1 unspecified atom stereocenters. The van der Waals surface area contributed by atoms with Gasteiger partial charge in [0.05, 0.1) is 6.61 Å². The molecule has 2 aliphatic heterocycles. The lowest BCUT2D eigenvalue weighted by Crippen LogP contribution is -2.46. The summed E-state index contributed by atoms with van der Waals surface area (Å²) in [7, 11) is 0. The highest BCUT2D eigenvalue weighted by Gasteiger charge is 2.30. The van der Waals surface area contributed by atoms with E-state index in [-0.39, 0.29) is 11.9 Å². The first-order valence-corrected chi connectivity index (χ1v) is 10.3. The Balaban J connectivity index is 1.19. The number of nitrogens with zero attached hydrogens (tertiary/aromatic N) is 2. The number of hydrogen-bond acceptors (Lipinski definition) is 5. The minimum absolute atomic E-state index is 0.211. The average Bonchev–Trinajstić information content (AvgIpc) is 3.58. The predicted molar refractivity (Wildman–Crippen MR) is 112 cm³/mol. The standard InChI is InChI=1S/C23H25F3N2O3/c24-23(25,26)31-21-7-3-18(4-8-21)2-1-11-27-12-14-28(15-13-27)19-5-9-20(10-6-19)29-16-22-17-30-22/h1-10,22H,11-17H2. The first-order valence-electron chi connectivity index (χ1n) is 10.3. The summed E-state index contributed by atoms with van der Waals surface area (Å²) >= 11 is 0. The summed E-state index contributed by atoms with van der Waals surface area (Å²) < 4.78 is 51.3. The molecule has 2 saturated heterocycles. The van der Waals surface area contributed by atoms with E-state index in [1.54, 1.807) is 12.1 Å². The van der Waals surface area contributed by atoms with Crippen molar-refractivity contribution in [3.63, 3.8) is 0 Å². The van der Waals surface area contributed by atoms with E-state index < -0.39 is 6.36 Å². The van der Waals surface area contributed by atoms with Crippen LogP contribution < -0.4 is 14.4 Å². The van der Waals surface area contributed by atoms with E-state index in [2.05, 4.69) is 26.7 Å². The molecule has 0 spiro atoms. The molecule has 0 amide bonds. The lowest BCUT2D eigenvalue weighted by atomic mass is 10.2. The third-order valence-corrected chi connectivity index (χ3v) is 5.20. The third-order valence-electron chi connectivity index (χ3n) is 5.20. The van der Waals surface area contributed by atoms with Crippen LogP contribution in [0.15, 0.2) is 54.6 Å². The Kier molecular flexibility index (Phi) is 6.67. The zero-order chi connectivity index (χ0) is 21.7. The molecule has 0 aromatic heterocycles. The van der Waals surface area contributed by atoms with Gasteiger partial charge in [0.2, 0.25) is 0 Å². The molecule has 8 heteroatoms. The third kappa shape index (κ3) is 6.90. The van der Waals surface area contributed by atoms with Crippen LogP contribution in [-0.2, 0) is 4.74 Å². The van der Waals surface area contributed by atoms with Crippen LogP contribution in [-0.4, -0.2) is 63.3 Å². The van der Waals surface area contributed by atoms with Gasteiger partial charge >= 0.3 is 6.36 Å². The van der Waals surface area contributed by atoms with Gasteiger partial charge in [-0.25, -0.2) is 0 Å². The van der Waals surface area contributed by atoms with Crippen LogP contribution in [0.2, 0.25) is 0 Å². The zero-order valence-corrected chi connectivity index (χ0v) is 17.1. The summed E-state index contributed by atoms with van der Waals surface area (Å²) in [6, 6.07) is 14.0. The predicted octanol–water partition coefficient (Wildman–Crippen LogP) is 4.20. The average molecular weight is 434 g/mol. The van der Waals surface area contributed by atoms with Crippen molar-refractivity contribution in [2.45, 2.75) is 12.5 Å². The van der Waals surface area contributed by atoms with Crippen molar-refractivity contribution in [2.75, 3.05) is 50.8 Å². The molecule has 166 valence electrons.